The molecule has 0 spiro atoms. The van der Waals surface area contributed by atoms with E-state index in [0.29, 0.717) is 0 Å². The zero-order valence-electron chi connectivity index (χ0n) is 18.1. The number of aryl methyl sites for hydroxylation is 1. The molecule has 31 heavy (non-hydrogen) atoms. The van der Waals surface area contributed by atoms with Gasteiger partial charge in [-0.05, 0) is 24.6 Å². The molecule has 0 atom stereocenters. The molecule has 164 valence electrons. The van der Waals surface area contributed by atoms with Crippen LogP contribution in [0.15, 0.2) is 18.3 Å². The molecular weight excluding hydrogens is 410 g/mol. The van der Waals surface area contributed by atoms with E-state index in [1.54, 1.807) is 0 Å². The van der Waals surface area contributed by atoms with Crippen LogP contribution in [0.2, 0.25) is 0 Å². The Balaban J connectivity index is 1.58. The van der Waals surface area contributed by atoms with Crippen LogP contribution < -0.4 is 15.5 Å². The van der Waals surface area contributed by atoms with E-state index in [-0.39, 0.29) is 0 Å². The van der Waals surface area contributed by atoms with Crippen molar-refractivity contribution in [1.29, 1.82) is 0 Å². The number of piperazine rings is 1. The number of rotatable bonds is 5. The first-order valence-corrected chi connectivity index (χ1v) is 11.7. The molecule has 0 amide bonds. The summed E-state index contributed by atoms with van der Waals surface area (Å²) in [6.07, 6.45) is 1.85. The average Bonchev–Trinajstić information content (AvgIpc) is 3.15. The molecule has 0 aromatic carbocycles. The third-order valence-electron chi connectivity index (χ3n) is 6.01. The van der Waals surface area contributed by atoms with Gasteiger partial charge in [0.05, 0.1) is 23.4 Å². The number of morpholine rings is 1. The van der Waals surface area contributed by atoms with Gasteiger partial charge in [0, 0.05) is 69.5 Å². The summed E-state index contributed by atoms with van der Waals surface area (Å²) in [5.74, 6) is 2.60. The van der Waals surface area contributed by atoms with Gasteiger partial charge in [0.25, 0.3) is 0 Å². The van der Waals surface area contributed by atoms with Crippen LogP contribution in [-0.2, 0) is 11.3 Å². The van der Waals surface area contributed by atoms with E-state index in [0.717, 1.165) is 87.6 Å². The van der Waals surface area contributed by atoms with Crippen LogP contribution in [0.1, 0.15) is 10.4 Å². The molecule has 5 rings (SSSR count). The van der Waals surface area contributed by atoms with Crippen LogP contribution in [0.3, 0.4) is 0 Å². The first-order valence-electron chi connectivity index (χ1n) is 10.9. The number of fused-ring (bicyclic) bond motifs is 1. The zero-order chi connectivity index (χ0) is 21.2. The quantitative estimate of drug-likeness (QED) is 0.627. The zero-order valence-corrected chi connectivity index (χ0v) is 19.0. The largest absolute Gasteiger partial charge is 0.378 e. The monoisotopic (exact) mass is 439 g/mol. The van der Waals surface area contributed by atoms with Crippen molar-refractivity contribution in [2.75, 3.05) is 69.7 Å². The molecule has 2 aliphatic heterocycles. The summed E-state index contributed by atoms with van der Waals surface area (Å²) in [6, 6.07) is 4.00. The van der Waals surface area contributed by atoms with E-state index in [1.807, 2.05) is 36.7 Å². The first kappa shape index (κ1) is 20.6. The highest BCUT2D eigenvalue weighted by Gasteiger charge is 2.23. The number of thiophene rings is 1. The number of aromatic nitrogens is 3. The molecule has 0 unspecified atom stereocenters. The summed E-state index contributed by atoms with van der Waals surface area (Å²) in [5, 5.41) is 6.51. The molecule has 0 bridgehead atoms. The molecule has 3 aromatic rings. The predicted octanol–water partition coefficient (Wildman–Crippen LogP) is 2.35. The van der Waals surface area contributed by atoms with Crippen LogP contribution in [0.5, 0.6) is 0 Å². The smallest absolute Gasteiger partial charge is 0.163 e. The maximum atomic E-state index is 5.59. The Hall–Kier alpha value is -2.33. The van der Waals surface area contributed by atoms with Crippen LogP contribution in [0.4, 0.5) is 11.6 Å². The fourth-order valence-corrected chi connectivity index (χ4v) is 5.44. The fraction of sp³-hybridized carbons (Fsp3) is 0.500. The summed E-state index contributed by atoms with van der Waals surface area (Å²) in [7, 11) is 1.87. The molecule has 2 fully saturated rings. The van der Waals surface area contributed by atoms with Gasteiger partial charge in [-0.25, -0.2) is 15.0 Å². The molecule has 0 saturated carbocycles. The number of ether oxygens (including phenoxy) is 1. The predicted molar refractivity (Wildman–Crippen MR) is 126 cm³/mol. The van der Waals surface area contributed by atoms with Gasteiger partial charge in [-0.3, -0.25) is 4.90 Å². The van der Waals surface area contributed by atoms with E-state index in [1.165, 1.54) is 15.1 Å². The minimum atomic E-state index is 0.733. The number of nitrogens with one attached hydrogen (secondary N) is 2. The number of nitrogens with zero attached hydrogens (tertiary/aromatic N) is 5. The van der Waals surface area contributed by atoms with Gasteiger partial charge in [-0.1, -0.05) is 0 Å². The van der Waals surface area contributed by atoms with E-state index in [2.05, 4.69) is 32.3 Å². The second kappa shape index (κ2) is 9.04. The molecule has 0 radical (unpaired) electrons. The number of anilines is 2. The second-order valence-electron chi connectivity index (χ2n) is 8.01. The Bertz CT molecular complexity index is 1040. The summed E-state index contributed by atoms with van der Waals surface area (Å²) >= 11 is 1.85. The molecular formula is C22H29N7OS. The van der Waals surface area contributed by atoms with Gasteiger partial charge in [0.15, 0.2) is 11.6 Å². The Kier molecular flexibility index (Phi) is 5.99. The third-order valence-corrected chi connectivity index (χ3v) is 7.27. The lowest BCUT2D eigenvalue weighted by molar-refractivity contribution is 0.122. The maximum absolute atomic E-state index is 5.59. The molecule has 0 aliphatic carbocycles. The highest BCUT2D eigenvalue weighted by atomic mass is 32.1. The normalized spacial score (nSPS) is 17.9. The summed E-state index contributed by atoms with van der Waals surface area (Å²) in [6.45, 7) is 10.6. The number of hydrogen-bond donors (Lipinski definition) is 2. The van der Waals surface area contributed by atoms with E-state index >= 15 is 0 Å². The van der Waals surface area contributed by atoms with Crippen LogP contribution in [-0.4, -0.2) is 79.4 Å². The average molecular weight is 440 g/mol. The SMILES string of the molecule is CNc1ccc(-c2nc(N3CCOCC3)c3sc(CN4CCNCC4)c(C)c3n2)cn1. The van der Waals surface area contributed by atoms with Crippen LogP contribution >= 0.6 is 11.3 Å². The molecule has 9 heteroatoms. The molecule has 8 nitrogen and oxygen atoms in total. The molecule has 2 aliphatic rings. The lowest BCUT2D eigenvalue weighted by atomic mass is 10.2. The fourth-order valence-electron chi connectivity index (χ4n) is 4.13. The van der Waals surface area contributed by atoms with Gasteiger partial charge in [0.1, 0.15) is 5.82 Å². The third kappa shape index (κ3) is 4.23. The first-order chi connectivity index (χ1) is 15.2. The Morgan fingerprint density at radius 2 is 1.94 bits per heavy atom. The Morgan fingerprint density at radius 3 is 2.65 bits per heavy atom. The van der Waals surface area contributed by atoms with E-state index in [9.17, 15) is 0 Å². The lowest BCUT2D eigenvalue weighted by Crippen LogP contribution is -2.42. The minimum absolute atomic E-state index is 0.733. The second-order valence-corrected chi connectivity index (χ2v) is 9.11. The highest BCUT2D eigenvalue weighted by molar-refractivity contribution is 7.19. The van der Waals surface area contributed by atoms with Gasteiger partial charge in [0.2, 0.25) is 0 Å². The van der Waals surface area contributed by atoms with Crippen LogP contribution in [0, 0.1) is 6.92 Å². The standard InChI is InChI=1S/C22H29N7OS/c1-15-17(14-28-7-5-24-6-8-28)31-20-19(15)26-21(16-3-4-18(23-2)25-13-16)27-22(20)29-9-11-30-12-10-29/h3-4,13,24H,5-12,14H2,1-2H3,(H,23,25). The van der Waals surface area contributed by atoms with Crippen molar-refractivity contribution in [3.63, 3.8) is 0 Å². The maximum Gasteiger partial charge on any atom is 0.163 e. The van der Waals surface area contributed by atoms with Crippen molar-refractivity contribution < 1.29 is 4.74 Å². The summed E-state index contributed by atoms with van der Waals surface area (Å²) in [5.41, 5.74) is 3.28. The Labute approximate surface area is 186 Å². The van der Waals surface area contributed by atoms with Gasteiger partial charge in [-0.15, -0.1) is 11.3 Å². The van der Waals surface area contributed by atoms with Crippen molar-refractivity contribution in [2.45, 2.75) is 13.5 Å². The minimum Gasteiger partial charge on any atom is -0.378 e. The molecule has 2 N–H and O–H groups in total. The van der Waals surface area contributed by atoms with Crippen molar-refractivity contribution in [1.82, 2.24) is 25.2 Å². The van der Waals surface area contributed by atoms with Crippen molar-refractivity contribution in [3.8, 4) is 11.4 Å². The molecule has 5 heterocycles. The van der Waals surface area contributed by atoms with Crippen molar-refractivity contribution in [2.24, 2.45) is 0 Å². The molecule has 3 aromatic heterocycles. The number of pyridine rings is 1. The highest BCUT2D eigenvalue weighted by Crippen LogP contribution is 2.38. The van der Waals surface area contributed by atoms with E-state index in [4.69, 9.17) is 14.7 Å². The summed E-state index contributed by atoms with van der Waals surface area (Å²) < 4.78 is 6.78. The Morgan fingerprint density at radius 1 is 1.13 bits per heavy atom. The molecule has 2 saturated heterocycles. The van der Waals surface area contributed by atoms with E-state index < -0.39 is 0 Å². The lowest BCUT2D eigenvalue weighted by Gasteiger charge is -2.28. The number of hydrogen-bond acceptors (Lipinski definition) is 9. The van der Waals surface area contributed by atoms with Crippen molar-refractivity contribution in [3.05, 3.63) is 28.8 Å². The summed E-state index contributed by atoms with van der Waals surface area (Å²) in [4.78, 5) is 20.8. The van der Waals surface area contributed by atoms with Gasteiger partial charge < -0.3 is 20.3 Å². The van der Waals surface area contributed by atoms with Crippen LogP contribution in [0.25, 0.3) is 21.6 Å². The van der Waals surface area contributed by atoms with Gasteiger partial charge >= 0.3 is 0 Å². The van der Waals surface area contributed by atoms with Gasteiger partial charge in [-0.2, -0.15) is 0 Å². The topological polar surface area (TPSA) is 78.4 Å². The van der Waals surface area contributed by atoms with Crippen molar-refractivity contribution >= 4 is 33.2 Å².